The van der Waals surface area contributed by atoms with Crippen LogP contribution in [0.4, 0.5) is 0 Å². The van der Waals surface area contributed by atoms with Crippen LogP contribution in [0.3, 0.4) is 0 Å². The van der Waals surface area contributed by atoms with Gasteiger partial charge in [-0.1, -0.05) is 17.5 Å². The second-order valence-electron chi connectivity index (χ2n) is 1.90. The van der Waals surface area contributed by atoms with E-state index < -0.39 is 0 Å². The fourth-order valence-electron chi connectivity index (χ4n) is 0.641. The molecule has 0 aromatic heterocycles. The van der Waals surface area contributed by atoms with E-state index in [2.05, 4.69) is 17.8 Å². The molecule has 0 radical (unpaired) electrons. The lowest BCUT2D eigenvalue weighted by molar-refractivity contribution is 1.65. The molecule has 0 unspecified atom stereocenters. The normalized spacial score (nSPS) is 7.64. The molecule has 52 valence electrons. The molecule has 1 heteroatoms. The van der Waals surface area contributed by atoms with Gasteiger partial charge in [0, 0.05) is 10.6 Å². The smallest absolute Gasteiger partial charge is 0.0406 e. The molecule has 0 nitrogen and oxygen atoms in total. The van der Waals surface area contributed by atoms with E-state index in [1.54, 1.807) is 12.1 Å². The fraction of sp³-hybridized carbons (Fsp3) is 0. The number of hydrogen-bond acceptors (Lipinski definition) is 0. The van der Waals surface area contributed by atoms with Crippen LogP contribution < -0.4 is 0 Å². The van der Waals surface area contributed by atoms with Crippen molar-refractivity contribution in [1.82, 2.24) is 0 Å². The summed E-state index contributed by atoms with van der Waals surface area (Å²) < 4.78 is 0. The summed E-state index contributed by atoms with van der Waals surface area (Å²) >= 11 is 5.66. The Balaban J connectivity index is 2.93. The molecule has 1 rings (SSSR count). The Labute approximate surface area is 71.2 Å². The zero-order valence-electron chi connectivity index (χ0n) is 5.76. The van der Waals surface area contributed by atoms with Crippen LogP contribution in [0, 0.1) is 24.2 Å². The van der Waals surface area contributed by atoms with Crippen molar-refractivity contribution in [3.8, 4) is 24.2 Å². The van der Waals surface area contributed by atoms with Crippen LogP contribution >= 0.6 is 11.6 Å². The third-order valence-corrected chi connectivity index (χ3v) is 1.38. The highest BCUT2D eigenvalue weighted by molar-refractivity contribution is 6.30. The van der Waals surface area contributed by atoms with Gasteiger partial charge in [0.1, 0.15) is 0 Å². The highest BCUT2D eigenvalue weighted by atomic mass is 35.5. The monoisotopic (exact) mass is 160 g/mol. The highest BCUT2D eigenvalue weighted by Gasteiger charge is 1.85. The summed E-state index contributed by atoms with van der Waals surface area (Å²) in [6.45, 7) is 0. The van der Waals surface area contributed by atoms with Crippen molar-refractivity contribution >= 4 is 11.6 Å². The zero-order valence-corrected chi connectivity index (χ0v) is 6.52. The molecule has 0 N–H and O–H groups in total. The van der Waals surface area contributed by atoms with Gasteiger partial charge in [0.2, 0.25) is 0 Å². The molecule has 0 aliphatic heterocycles. The summed E-state index contributed by atoms with van der Waals surface area (Å²) in [5.74, 6) is 7.53. The third-order valence-electron chi connectivity index (χ3n) is 1.12. The number of benzene rings is 1. The minimum absolute atomic E-state index is 0.705. The molecule has 0 bridgehead atoms. The van der Waals surface area contributed by atoms with Gasteiger partial charge in [-0.2, -0.15) is 0 Å². The molecule has 11 heavy (non-hydrogen) atoms. The Hall–Kier alpha value is -1.37. The molecule has 0 atom stereocenters. The van der Waals surface area contributed by atoms with Crippen LogP contribution in [0.1, 0.15) is 5.56 Å². The lowest BCUT2D eigenvalue weighted by Crippen LogP contribution is -1.70. The highest BCUT2D eigenvalue weighted by Crippen LogP contribution is 2.07. The first kappa shape index (κ1) is 7.73. The summed E-state index contributed by atoms with van der Waals surface area (Å²) in [6, 6.07) is 7.21. The van der Waals surface area contributed by atoms with Gasteiger partial charge in [-0.3, -0.25) is 0 Å². The van der Waals surface area contributed by atoms with Crippen LogP contribution in [-0.4, -0.2) is 0 Å². The molecule has 0 saturated carbocycles. The van der Waals surface area contributed by atoms with Crippen LogP contribution in [0.25, 0.3) is 0 Å². The standard InChI is InChI=1S/C10H5Cl/c1-2-3-4-9-5-7-10(11)8-6-9/h1,5-8H. The maximum Gasteiger partial charge on any atom is 0.0406 e. The predicted molar refractivity (Wildman–Crippen MR) is 47.2 cm³/mol. The first-order chi connectivity index (χ1) is 5.33. The maximum absolute atomic E-state index is 5.66. The lowest BCUT2D eigenvalue weighted by Gasteiger charge is -1.88. The lowest BCUT2D eigenvalue weighted by atomic mass is 10.2. The Morgan fingerprint density at radius 2 is 1.82 bits per heavy atom. The summed E-state index contributed by atoms with van der Waals surface area (Å²) in [5.41, 5.74) is 0.882. The summed E-state index contributed by atoms with van der Waals surface area (Å²) in [6.07, 6.45) is 4.96. The van der Waals surface area contributed by atoms with E-state index >= 15 is 0 Å². The molecule has 0 aliphatic carbocycles. The van der Waals surface area contributed by atoms with Gasteiger partial charge in [0.25, 0.3) is 0 Å². The molecule has 0 amide bonds. The van der Waals surface area contributed by atoms with Gasteiger partial charge in [-0.05, 0) is 36.1 Å². The first-order valence-corrected chi connectivity index (χ1v) is 3.43. The summed E-state index contributed by atoms with van der Waals surface area (Å²) in [5, 5.41) is 0.705. The molecule has 1 aromatic carbocycles. The van der Waals surface area contributed by atoms with Gasteiger partial charge in [0.05, 0.1) is 0 Å². The summed E-state index contributed by atoms with van der Waals surface area (Å²) in [7, 11) is 0. The van der Waals surface area contributed by atoms with Crippen molar-refractivity contribution in [2.24, 2.45) is 0 Å². The SMILES string of the molecule is C#CC#Cc1ccc(Cl)cc1. The van der Waals surface area contributed by atoms with Crippen molar-refractivity contribution in [2.75, 3.05) is 0 Å². The number of terminal acetylenes is 1. The van der Waals surface area contributed by atoms with Gasteiger partial charge in [-0.15, -0.1) is 6.42 Å². The third kappa shape index (κ3) is 2.38. The van der Waals surface area contributed by atoms with Crippen LogP contribution in [0.15, 0.2) is 24.3 Å². The van der Waals surface area contributed by atoms with Crippen LogP contribution in [-0.2, 0) is 0 Å². The van der Waals surface area contributed by atoms with Crippen molar-refractivity contribution < 1.29 is 0 Å². The predicted octanol–water partition coefficient (Wildman–Crippen LogP) is 2.32. The second-order valence-corrected chi connectivity index (χ2v) is 2.34. The summed E-state index contributed by atoms with van der Waals surface area (Å²) in [4.78, 5) is 0. The molecule has 0 saturated heterocycles. The minimum atomic E-state index is 0.705. The second kappa shape index (κ2) is 3.71. The molecular formula is C10H5Cl. The number of rotatable bonds is 0. The maximum atomic E-state index is 5.66. The fourth-order valence-corrected chi connectivity index (χ4v) is 0.767. The van der Waals surface area contributed by atoms with E-state index in [0.29, 0.717) is 5.02 Å². The van der Waals surface area contributed by atoms with Gasteiger partial charge >= 0.3 is 0 Å². The van der Waals surface area contributed by atoms with Crippen LogP contribution in [0.2, 0.25) is 5.02 Å². The molecule has 0 aliphatic rings. The molecule has 0 heterocycles. The van der Waals surface area contributed by atoms with Gasteiger partial charge in [-0.25, -0.2) is 0 Å². The Kier molecular flexibility index (Phi) is 2.61. The average Bonchev–Trinajstić information content (AvgIpc) is 2.04. The van der Waals surface area contributed by atoms with E-state index in [1.165, 1.54) is 0 Å². The van der Waals surface area contributed by atoms with E-state index in [9.17, 15) is 0 Å². The van der Waals surface area contributed by atoms with Gasteiger partial charge < -0.3 is 0 Å². The Bertz CT molecular complexity index is 330. The molecule has 0 fully saturated rings. The van der Waals surface area contributed by atoms with Crippen molar-refractivity contribution in [3.05, 3.63) is 34.9 Å². The van der Waals surface area contributed by atoms with Crippen molar-refractivity contribution in [1.29, 1.82) is 0 Å². The largest absolute Gasteiger partial charge is 0.106 e. The molecular weight excluding hydrogens is 156 g/mol. The van der Waals surface area contributed by atoms with E-state index in [1.807, 2.05) is 12.1 Å². The average molecular weight is 161 g/mol. The zero-order chi connectivity index (χ0) is 8.10. The number of halogens is 1. The molecule has 0 spiro atoms. The van der Waals surface area contributed by atoms with Gasteiger partial charge in [0.15, 0.2) is 0 Å². The number of hydrogen-bond donors (Lipinski definition) is 0. The Morgan fingerprint density at radius 3 is 2.36 bits per heavy atom. The van der Waals surface area contributed by atoms with E-state index in [4.69, 9.17) is 18.0 Å². The molecule has 1 aromatic rings. The first-order valence-electron chi connectivity index (χ1n) is 3.05. The Morgan fingerprint density at radius 1 is 1.18 bits per heavy atom. The van der Waals surface area contributed by atoms with E-state index in [0.717, 1.165) is 5.56 Å². The topological polar surface area (TPSA) is 0 Å². The van der Waals surface area contributed by atoms with Crippen LogP contribution in [0.5, 0.6) is 0 Å². The van der Waals surface area contributed by atoms with Crippen molar-refractivity contribution in [3.63, 3.8) is 0 Å². The minimum Gasteiger partial charge on any atom is -0.106 e. The van der Waals surface area contributed by atoms with Crippen molar-refractivity contribution in [2.45, 2.75) is 0 Å². The quantitative estimate of drug-likeness (QED) is 0.511. The van der Waals surface area contributed by atoms with E-state index in [-0.39, 0.29) is 0 Å².